The fourth-order valence-corrected chi connectivity index (χ4v) is 1.10. The van der Waals surface area contributed by atoms with Gasteiger partial charge in [-0.25, -0.2) is 0 Å². The van der Waals surface area contributed by atoms with E-state index >= 15 is 0 Å². The van der Waals surface area contributed by atoms with Gasteiger partial charge in [-0.05, 0) is 0 Å². The van der Waals surface area contributed by atoms with Crippen LogP contribution in [-0.4, -0.2) is 47.6 Å². The molecule has 0 saturated heterocycles. The van der Waals surface area contributed by atoms with Gasteiger partial charge in [0.1, 0.15) is 0 Å². The Balaban J connectivity index is 3.92. The van der Waals surface area contributed by atoms with Gasteiger partial charge in [0.25, 0.3) is 0 Å². The van der Waals surface area contributed by atoms with Crippen LogP contribution in [0.4, 0.5) is 0 Å². The van der Waals surface area contributed by atoms with E-state index in [0.717, 1.165) is 0 Å². The molecular formula is C8H13O4Se. The summed E-state index contributed by atoms with van der Waals surface area (Å²) in [5.41, 5.74) is 0. The average Bonchev–Trinajstić information content (AvgIpc) is 2.15. The molecule has 4 nitrogen and oxygen atoms in total. The molecule has 0 aliphatic carbocycles. The van der Waals surface area contributed by atoms with E-state index in [0.29, 0.717) is 18.0 Å². The summed E-state index contributed by atoms with van der Waals surface area (Å²) in [6, 6.07) is 0. The molecule has 0 aliphatic heterocycles. The number of esters is 1. The Hall–Kier alpha value is -0.381. The van der Waals surface area contributed by atoms with Crippen LogP contribution in [0.2, 0.25) is 5.32 Å². The van der Waals surface area contributed by atoms with Crippen LogP contribution in [0.5, 0.6) is 0 Å². The molecule has 0 saturated carbocycles. The Kier molecular flexibility index (Phi) is 6.86. The van der Waals surface area contributed by atoms with Crippen LogP contribution in [0.3, 0.4) is 0 Å². The average molecular weight is 252 g/mol. The first kappa shape index (κ1) is 12.6. The molecule has 2 atom stereocenters. The molecule has 1 radical (unpaired) electrons. The molecule has 13 heavy (non-hydrogen) atoms. The van der Waals surface area contributed by atoms with Crippen molar-refractivity contribution in [2.24, 2.45) is 0 Å². The molecule has 0 spiro atoms. The van der Waals surface area contributed by atoms with E-state index in [1.54, 1.807) is 6.92 Å². The fourth-order valence-electron chi connectivity index (χ4n) is 0.612. The van der Waals surface area contributed by atoms with Crippen molar-refractivity contribution in [1.82, 2.24) is 0 Å². The van der Waals surface area contributed by atoms with Gasteiger partial charge in [0, 0.05) is 0 Å². The van der Waals surface area contributed by atoms with Gasteiger partial charge in [-0.15, -0.1) is 0 Å². The van der Waals surface area contributed by atoms with Crippen molar-refractivity contribution in [3.05, 3.63) is 0 Å². The third-order valence-electron chi connectivity index (χ3n) is 1.51. The molecular weight excluding hydrogens is 239 g/mol. The number of carbonyl (C=O) groups is 2. The van der Waals surface area contributed by atoms with Crippen LogP contribution in [0.25, 0.3) is 0 Å². The molecule has 0 heterocycles. The molecule has 0 bridgehead atoms. The van der Waals surface area contributed by atoms with Gasteiger partial charge in [0.05, 0.1) is 0 Å². The summed E-state index contributed by atoms with van der Waals surface area (Å²) in [5.74, 6) is -0.506. The van der Waals surface area contributed by atoms with Gasteiger partial charge >= 0.3 is 85.3 Å². The van der Waals surface area contributed by atoms with Crippen molar-refractivity contribution < 1.29 is 19.1 Å². The SMILES string of the molecule is CO[C@H](C)C(=O)O[C@@H](C=O)CC[Se]. The molecule has 0 aromatic carbocycles. The monoisotopic (exact) mass is 253 g/mol. The normalized spacial score (nSPS) is 14.7. The minimum absolute atomic E-state index is 0.506. The maximum atomic E-state index is 11.1. The predicted molar refractivity (Wildman–Crippen MR) is 47.6 cm³/mol. The number of methoxy groups -OCH3 is 1. The standard InChI is InChI=1S/C8H13O4Se/c1-6(11-2)8(10)12-7(5-9)3-4-13/h5-7H,3-4H2,1-2H3/t6-,7-/m1/s1. The third-order valence-corrected chi connectivity index (χ3v) is 2.00. The molecule has 0 unspecified atom stereocenters. The second-order valence-corrected chi connectivity index (χ2v) is 3.34. The van der Waals surface area contributed by atoms with Crippen molar-refractivity contribution in [2.75, 3.05) is 7.11 Å². The predicted octanol–water partition coefficient (Wildman–Crippen LogP) is 0.109. The van der Waals surface area contributed by atoms with E-state index in [1.807, 2.05) is 0 Å². The van der Waals surface area contributed by atoms with Crippen LogP contribution in [-0.2, 0) is 19.1 Å². The number of rotatable bonds is 6. The zero-order valence-electron chi connectivity index (χ0n) is 7.69. The number of carbonyl (C=O) groups excluding carboxylic acids is 2. The van der Waals surface area contributed by atoms with Crippen molar-refractivity contribution in [3.8, 4) is 0 Å². The second-order valence-electron chi connectivity index (χ2n) is 2.48. The minimum atomic E-state index is -0.661. The van der Waals surface area contributed by atoms with Gasteiger partial charge in [-0.3, -0.25) is 0 Å². The van der Waals surface area contributed by atoms with Gasteiger partial charge in [-0.2, -0.15) is 0 Å². The summed E-state index contributed by atoms with van der Waals surface area (Å²) in [5, 5.41) is 0.679. The van der Waals surface area contributed by atoms with Crippen LogP contribution in [0, 0.1) is 0 Å². The summed E-state index contributed by atoms with van der Waals surface area (Å²) in [6.45, 7) is 1.57. The topological polar surface area (TPSA) is 52.6 Å². The molecule has 0 aromatic heterocycles. The zero-order valence-corrected chi connectivity index (χ0v) is 9.40. The Morgan fingerprint density at radius 3 is 2.62 bits per heavy atom. The first-order chi connectivity index (χ1) is 6.15. The van der Waals surface area contributed by atoms with E-state index in [4.69, 9.17) is 9.47 Å². The van der Waals surface area contributed by atoms with Gasteiger partial charge < -0.3 is 0 Å². The van der Waals surface area contributed by atoms with Crippen LogP contribution >= 0.6 is 0 Å². The summed E-state index contributed by atoms with van der Waals surface area (Å²) >= 11 is 2.74. The summed E-state index contributed by atoms with van der Waals surface area (Å²) in [4.78, 5) is 21.5. The zero-order chi connectivity index (χ0) is 10.3. The number of aldehydes is 1. The van der Waals surface area contributed by atoms with Gasteiger partial charge in [0.2, 0.25) is 0 Å². The van der Waals surface area contributed by atoms with E-state index in [-0.39, 0.29) is 0 Å². The summed E-state index contributed by atoms with van der Waals surface area (Å²) in [6.07, 6.45) is -0.154. The van der Waals surface area contributed by atoms with E-state index < -0.39 is 18.2 Å². The molecule has 0 N–H and O–H groups in total. The molecule has 0 amide bonds. The first-order valence-electron chi connectivity index (χ1n) is 3.92. The molecule has 0 fully saturated rings. The van der Waals surface area contributed by atoms with E-state index in [9.17, 15) is 9.59 Å². The Morgan fingerprint density at radius 2 is 2.23 bits per heavy atom. The molecule has 0 rings (SSSR count). The van der Waals surface area contributed by atoms with E-state index in [1.165, 1.54) is 7.11 Å². The number of hydrogen-bond acceptors (Lipinski definition) is 4. The van der Waals surface area contributed by atoms with Crippen LogP contribution in [0.1, 0.15) is 13.3 Å². The van der Waals surface area contributed by atoms with Crippen LogP contribution < -0.4 is 0 Å². The maximum absolute atomic E-state index is 11.1. The van der Waals surface area contributed by atoms with Gasteiger partial charge in [-0.1, -0.05) is 0 Å². The van der Waals surface area contributed by atoms with Crippen molar-refractivity contribution >= 4 is 28.3 Å². The number of ether oxygens (including phenoxy) is 2. The molecule has 0 aromatic rings. The Labute approximate surface area is 85.8 Å². The van der Waals surface area contributed by atoms with Crippen molar-refractivity contribution in [1.29, 1.82) is 0 Å². The Bertz CT molecular complexity index is 172. The second kappa shape index (κ2) is 7.06. The number of hydrogen-bond donors (Lipinski definition) is 0. The molecule has 0 aliphatic rings. The fraction of sp³-hybridized carbons (Fsp3) is 0.750. The van der Waals surface area contributed by atoms with Gasteiger partial charge in [0.15, 0.2) is 0 Å². The Morgan fingerprint density at radius 1 is 1.62 bits per heavy atom. The molecule has 5 heteroatoms. The summed E-state index contributed by atoms with van der Waals surface area (Å²) < 4.78 is 9.58. The van der Waals surface area contributed by atoms with Crippen LogP contribution in [0.15, 0.2) is 0 Å². The first-order valence-corrected chi connectivity index (χ1v) is 5.13. The van der Waals surface area contributed by atoms with Crippen molar-refractivity contribution in [2.45, 2.75) is 30.9 Å². The third kappa shape index (κ3) is 5.03. The van der Waals surface area contributed by atoms with E-state index in [2.05, 4.69) is 16.0 Å². The summed E-state index contributed by atoms with van der Waals surface area (Å²) in [7, 11) is 1.41. The molecule has 75 valence electrons. The van der Waals surface area contributed by atoms with Crippen molar-refractivity contribution in [3.63, 3.8) is 0 Å². The quantitative estimate of drug-likeness (QED) is 0.382.